The smallest absolute Gasteiger partial charge is 0.155 e. The Bertz CT molecular complexity index is 1150. The third-order valence-corrected chi connectivity index (χ3v) is 5.18. The molecule has 0 saturated carbocycles. The zero-order valence-electron chi connectivity index (χ0n) is 15.6. The van der Waals surface area contributed by atoms with E-state index in [0.717, 1.165) is 22.2 Å². The topological polar surface area (TPSA) is 81.5 Å². The van der Waals surface area contributed by atoms with Crippen LogP contribution in [0.4, 0.5) is 4.39 Å². The maximum absolute atomic E-state index is 13.4. The fraction of sp³-hybridized carbons (Fsp3) is 0.300. The summed E-state index contributed by atoms with van der Waals surface area (Å²) in [7, 11) is 0. The van der Waals surface area contributed by atoms with E-state index in [0.29, 0.717) is 36.1 Å². The fourth-order valence-electron chi connectivity index (χ4n) is 3.65. The number of pyridine rings is 2. The lowest BCUT2D eigenvalue weighted by atomic mass is 9.98. The second-order valence-electron chi connectivity index (χ2n) is 7.30. The number of halogens is 1. The lowest BCUT2D eigenvalue weighted by Crippen LogP contribution is -2.31. The van der Waals surface area contributed by atoms with Crippen molar-refractivity contribution in [3.05, 3.63) is 48.3 Å². The van der Waals surface area contributed by atoms with Gasteiger partial charge >= 0.3 is 0 Å². The molecule has 1 atom stereocenters. The van der Waals surface area contributed by atoms with Gasteiger partial charge in [0.15, 0.2) is 5.65 Å². The first-order valence-corrected chi connectivity index (χ1v) is 9.23. The van der Waals surface area contributed by atoms with E-state index < -0.39 is 0 Å². The molecule has 0 bridgehead atoms. The van der Waals surface area contributed by atoms with Gasteiger partial charge in [0.1, 0.15) is 11.5 Å². The molecule has 0 aliphatic carbocycles. The lowest BCUT2D eigenvalue weighted by Gasteiger charge is -2.27. The first-order valence-electron chi connectivity index (χ1n) is 9.23. The first kappa shape index (κ1) is 17.0. The van der Waals surface area contributed by atoms with Crippen molar-refractivity contribution in [2.75, 3.05) is 0 Å². The summed E-state index contributed by atoms with van der Waals surface area (Å²) in [5, 5.41) is 12.8. The molecule has 1 aliphatic rings. The summed E-state index contributed by atoms with van der Waals surface area (Å²) in [6, 6.07) is 5.00. The highest BCUT2D eigenvalue weighted by Gasteiger charge is 2.29. The van der Waals surface area contributed by atoms with Crippen LogP contribution in [0.25, 0.3) is 33.5 Å². The number of nitrogens with one attached hydrogen (secondary N) is 1. The molecular weight excluding hydrogens is 359 g/mol. The molecule has 28 heavy (non-hydrogen) atoms. The van der Waals surface area contributed by atoms with Crippen LogP contribution < -0.4 is 0 Å². The molecule has 0 radical (unpaired) electrons. The van der Waals surface area contributed by atoms with Gasteiger partial charge in [-0.25, -0.2) is 9.37 Å². The number of hydrogen-bond acceptors (Lipinski definition) is 5. The van der Waals surface area contributed by atoms with E-state index >= 15 is 0 Å². The van der Waals surface area contributed by atoms with Crippen LogP contribution in [0.3, 0.4) is 0 Å². The fourth-order valence-corrected chi connectivity index (χ4v) is 3.65. The number of fused-ring (bicyclic) bond motifs is 2. The molecule has 142 valence electrons. The van der Waals surface area contributed by atoms with Crippen molar-refractivity contribution in [3.63, 3.8) is 0 Å². The van der Waals surface area contributed by atoms with Gasteiger partial charge in [-0.2, -0.15) is 10.2 Å². The van der Waals surface area contributed by atoms with Crippen LogP contribution in [0.1, 0.15) is 19.5 Å². The molecule has 8 heteroatoms. The second-order valence-corrected chi connectivity index (χ2v) is 7.30. The lowest BCUT2D eigenvalue weighted by molar-refractivity contribution is -0.0260. The predicted octanol–water partition coefficient (Wildman–Crippen LogP) is 3.58. The van der Waals surface area contributed by atoms with Crippen molar-refractivity contribution >= 4 is 11.0 Å². The molecule has 0 aromatic carbocycles. The Kier molecular flexibility index (Phi) is 3.94. The normalized spacial score (nSPS) is 16.6. The number of hydrogen-bond donors (Lipinski definition) is 1. The highest BCUT2D eigenvalue weighted by Crippen LogP contribution is 2.39. The van der Waals surface area contributed by atoms with Crippen molar-refractivity contribution in [2.24, 2.45) is 5.92 Å². The Morgan fingerprint density at radius 2 is 2.11 bits per heavy atom. The Balaban J connectivity index is 1.75. The largest absolute Gasteiger partial charge is 0.370 e. The van der Waals surface area contributed by atoms with Gasteiger partial charge in [-0.15, -0.1) is 0 Å². The van der Waals surface area contributed by atoms with Crippen LogP contribution in [-0.4, -0.2) is 36.0 Å². The number of nitrogens with zero attached hydrogens (tertiary/aromatic N) is 5. The van der Waals surface area contributed by atoms with Crippen molar-refractivity contribution in [3.8, 4) is 22.5 Å². The minimum atomic E-state index is -0.376. The summed E-state index contributed by atoms with van der Waals surface area (Å²) in [6.45, 7) is 5.40. The van der Waals surface area contributed by atoms with Gasteiger partial charge in [-0.1, -0.05) is 13.8 Å². The first-order chi connectivity index (χ1) is 13.6. The maximum Gasteiger partial charge on any atom is 0.155 e. The van der Waals surface area contributed by atoms with Crippen molar-refractivity contribution in [1.29, 1.82) is 0 Å². The molecule has 1 aliphatic heterocycles. The van der Waals surface area contributed by atoms with Crippen LogP contribution in [0.15, 0.2) is 36.8 Å². The molecule has 0 amide bonds. The Labute approximate surface area is 160 Å². The molecule has 4 aromatic heterocycles. The van der Waals surface area contributed by atoms with Crippen molar-refractivity contribution in [1.82, 2.24) is 29.9 Å². The number of aromatic amines is 1. The van der Waals surface area contributed by atoms with Gasteiger partial charge in [-0.3, -0.25) is 14.8 Å². The average Bonchev–Trinajstić information content (AvgIpc) is 3.32. The Hall–Kier alpha value is -3.13. The van der Waals surface area contributed by atoms with Crippen molar-refractivity contribution < 1.29 is 9.13 Å². The SMILES string of the molecule is CC(C)[C@@H]1Cn2nc(-c3ccc(F)cn3)c(-c3ccnc4[nH]ncc34)c2CO1. The molecule has 0 fully saturated rings. The minimum absolute atomic E-state index is 0.0978. The van der Waals surface area contributed by atoms with Gasteiger partial charge in [0.25, 0.3) is 0 Å². The number of ether oxygens (including phenoxy) is 1. The van der Waals surface area contributed by atoms with Crippen LogP contribution >= 0.6 is 0 Å². The van der Waals surface area contributed by atoms with Gasteiger partial charge in [-0.05, 0) is 24.1 Å². The van der Waals surface area contributed by atoms with Gasteiger partial charge in [0.05, 0.1) is 43.0 Å². The summed E-state index contributed by atoms with van der Waals surface area (Å²) in [4.78, 5) is 8.60. The monoisotopic (exact) mass is 378 g/mol. The summed E-state index contributed by atoms with van der Waals surface area (Å²) >= 11 is 0. The van der Waals surface area contributed by atoms with E-state index in [1.165, 1.54) is 12.3 Å². The quantitative estimate of drug-likeness (QED) is 0.589. The van der Waals surface area contributed by atoms with Crippen LogP contribution in [-0.2, 0) is 17.9 Å². The molecule has 1 N–H and O–H groups in total. The molecule has 0 saturated heterocycles. The molecule has 0 unspecified atom stereocenters. The second kappa shape index (κ2) is 6.49. The standard InChI is InChI=1S/C20H19FN6O/c1-11(2)17-9-27-16(10-28-17)18(13-5-6-22-20-14(13)8-24-25-20)19(26-27)15-4-3-12(21)7-23-15/h3-8,11,17H,9-10H2,1-2H3,(H,22,24,25)/t17-/m0/s1. The van der Waals surface area contributed by atoms with E-state index in [1.54, 1.807) is 18.5 Å². The third kappa shape index (κ3) is 2.68. The maximum atomic E-state index is 13.4. The number of aromatic nitrogens is 6. The summed E-state index contributed by atoms with van der Waals surface area (Å²) < 4.78 is 21.5. The van der Waals surface area contributed by atoms with Crippen LogP contribution in [0, 0.1) is 11.7 Å². The van der Waals surface area contributed by atoms with Crippen molar-refractivity contribution in [2.45, 2.75) is 33.1 Å². The Morgan fingerprint density at radius 1 is 1.21 bits per heavy atom. The predicted molar refractivity (Wildman–Crippen MR) is 102 cm³/mol. The zero-order valence-corrected chi connectivity index (χ0v) is 15.6. The number of rotatable bonds is 3. The summed E-state index contributed by atoms with van der Waals surface area (Å²) in [5.41, 5.74) is 4.88. The molecule has 4 aromatic rings. The average molecular weight is 378 g/mol. The Morgan fingerprint density at radius 3 is 2.89 bits per heavy atom. The van der Waals surface area contributed by atoms with Gasteiger partial charge in [0.2, 0.25) is 0 Å². The third-order valence-electron chi connectivity index (χ3n) is 5.18. The van der Waals surface area contributed by atoms with E-state index in [1.807, 2.05) is 10.7 Å². The van der Waals surface area contributed by atoms with E-state index in [9.17, 15) is 4.39 Å². The summed E-state index contributed by atoms with van der Waals surface area (Å²) in [6.07, 6.45) is 4.80. The van der Waals surface area contributed by atoms with Gasteiger partial charge in [0, 0.05) is 22.7 Å². The van der Waals surface area contributed by atoms with E-state index in [2.05, 4.69) is 34.0 Å². The number of H-pyrrole nitrogens is 1. The molecule has 0 spiro atoms. The van der Waals surface area contributed by atoms with E-state index in [-0.39, 0.29) is 11.9 Å². The molecule has 5 heterocycles. The minimum Gasteiger partial charge on any atom is -0.370 e. The summed E-state index contributed by atoms with van der Waals surface area (Å²) in [5.74, 6) is 0.00770. The molecule has 5 rings (SSSR count). The van der Waals surface area contributed by atoms with Crippen LogP contribution in [0.5, 0.6) is 0 Å². The van der Waals surface area contributed by atoms with Gasteiger partial charge < -0.3 is 4.74 Å². The highest BCUT2D eigenvalue weighted by molar-refractivity contribution is 5.97. The molecule has 7 nitrogen and oxygen atoms in total. The van der Waals surface area contributed by atoms with Crippen LogP contribution in [0.2, 0.25) is 0 Å². The molecular formula is C20H19FN6O. The highest BCUT2D eigenvalue weighted by atomic mass is 19.1. The van der Waals surface area contributed by atoms with E-state index in [4.69, 9.17) is 9.84 Å². The zero-order chi connectivity index (χ0) is 19.3.